The van der Waals surface area contributed by atoms with Crippen LogP contribution in [0.3, 0.4) is 0 Å². The van der Waals surface area contributed by atoms with Crippen LogP contribution in [0.5, 0.6) is 0 Å². The fraction of sp³-hybridized carbons (Fsp3) is 0.500. The quantitative estimate of drug-likeness (QED) is 0.592. The first kappa shape index (κ1) is 20.6. The number of aliphatic carboxylic acids is 1. The van der Waals surface area contributed by atoms with E-state index < -0.39 is 5.97 Å². The molecular formula is C22H27ClN2O3. The normalized spacial score (nSPS) is 19.1. The third-order valence-corrected chi connectivity index (χ3v) is 6.03. The molecule has 150 valence electrons. The Morgan fingerprint density at radius 1 is 1.32 bits per heavy atom. The van der Waals surface area contributed by atoms with E-state index in [-0.39, 0.29) is 17.5 Å². The molecule has 0 spiro atoms. The highest BCUT2D eigenvalue weighted by Crippen LogP contribution is 2.41. The Morgan fingerprint density at radius 2 is 2.07 bits per heavy atom. The van der Waals surface area contributed by atoms with E-state index in [9.17, 15) is 9.59 Å². The fourth-order valence-corrected chi connectivity index (χ4v) is 4.54. The Kier molecular flexibility index (Phi) is 6.89. The monoisotopic (exact) mass is 402 g/mol. The van der Waals surface area contributed by atoms with E-state index in [1.54, 1.807) is 0 Å². The zero-order valence-corrected chi connectivity index (χ0v) is 17.0. The molecule has 3 rings (SSSR count). The van der Waals surface area contributed by atoms with Gasteiger partial charge in [0, 0.05) is 19.4 Å². The SMILES string of the molecule is CCCCc1nc(Cl)c(C=O)n1Cc1ccc(C2CCCC2CC(=O)O)cc1. The van der Waals surface area contributed by atoms with Gasteiger partial charge in [-0.2, -0.15) is 0 Å². The van der Waals surface area contributed by atoms with Gasteiger partial charge in [0.25, 0.3) is 0 Å². The number of halogens is 1. The molecule has 1 N–H and O–H groups in total. The van der Waals surface area contributed by atoms with Crippen molar-refractivity contribution in [3.63, 3.8) is 0 Å². The molecule has 1 aliphatic carbocycles. The molecule has 2 atom stereocenters. The minimum atomic E-state index is -0.716. The van der Waals surface area contributed by atoms with Crippen LogP contribution in [0.1, 0.15) is 78.8 Å². The van der Waals surface area contributed by atoms with Crippen molar-refractivity contribution in [2.45, 2.75) is 64.3 Å². The van der Waals surface area contributed by atoms with Gasteiger partial charge in [-0.3, -0.25) is 9.59 Å². The second-order valence-corrected chi connectivity index (χ2v) is 8.01. The van der Waals surface area contributed by atoms with E-state index >= 15 is 0 Å². The van der Waals surface area contributed by atoms with Crippen LogP contribution in [-0.4, -0.2) is 26.9 Å². The summed E-state index contributed by atoms with van der Waals surface area (Å²) in [5.74, 6) is 0.665. The molecule has 0 saturated heterocycles. The predicted molar refractivity (Wildman–Crippen MR) is 109 cm³/mol. The fourth-order valence-electron chi connectivity index (χ4n) is 4.29. The molecular weight excluding hydrogens is 376 g/mol. The molecule has 0 bridgehead atoms. The molecule has 0 radical (unpaired) electrons. The van der Waals surface area contributed by atoms with Crippen LogP contribution in [-0.2, 0) is 17.8 Å². The number of carbonyl (C=O) groups is 2. The Bertz CT molecular complexity index is 829. The van der Waals surface area contributed by atoms with Gasteiger partial charge in [0.15, 0.2) is 11.4 Å². The summed E-state index contributed by atoms with van der Waals surface area (Å²) in [6.45, 7) is 2.67. The smallest absolute Gasteiger partial charge is 0.303 e. The number of carboxylic acid groups (broad SMARTS) is 1. The number of aromatic nitrogens is 2. The summed E-state index contributed by atoms with van der Waals surface area (Å²) < 4.78 is 1.91. The number of unbranched alkanes of at least 4 members (excludes halogenated alkanes) is 1. The lowest BCUT2D eigenvalue weighted by Gasteiger charge is -2.19. The number of imidazole rings is 1. The minimum Gasteiger partial charge on any atom is -0.481 e. The average molecular weight is 403 g/mol. The third-order valence-electron chi connectivity index (χ3n) is 5.75. The number of benzene rings is 1. The van der Waals surface area contributed by atoms with Gasteiger partial charge >= 0.3 is 5.97 Å². The Labute approximate surface area is 170 Å². The van der Waals surface area contributed by atoms with Crippen LogP contribution in [0.15, 0.2) is 24.3 Å². The minimum absolute atomic E-state index is 0.220. The molecule has 2 unspecified atom stereocenters. The molecule has 0 amide bonds. The Hall–Kier alpha value is -2.14. The third kappa shape index (κ3) is 4.64. The average Bonchev–Trinajstić information content (AvgIpc) is 3.24. The molecule has 1 aromatic carbocycles. The van der Waals surface area contributed by atoms with Gasteiger partial charge in [-0.25, -0.2) is 4.98 Å². The largest absolute Gasteiger partial charge is 0.481 e. The summed E-state index contributed by atoms with van der Waals surface area (Å²) in [5.41, 5.74) is 2.71. The standard InChI is InChI=1S/C22H27ClN2O3/c1-2-3-7-20-24-22(23)19(14-26)25(20)13-15-8-10-16(11-9-15)18-6-4-5-17(18)12-21(27)28/h8-11,14,17-18H,2-7,12-13H2,1H3,(H,27,28). The van der Waals surface area contributed by atoms with E-state index in [2.05, 4.69) is 36.2 Å². The van der Waals surface area contributed by atoms with E-state index in [4.69, 9.17) is 16.7 Å². The highest BCUT2D eigenvalue weighted by Gasteiger charge is 2.30. The maximum absolute atomic E-state index is 11.5. The van der Waals surface area contributed by atoms with Crippen molar-refractivity contribution >= 4 is 23.9 Å². The number of aldehydes is 1. The Balaban J connectivity index is 1.78. The predicted octanol–water partition coefficient (Wildman–Crippen LogP) is 5.10. The summed E-state index contributed by atoms with van der Waals surface area (Å²) >= 11 is 6.15. The van der Waals surface area contributed by atoms with Gasteiger partial charge in [-0.15, -0.1) is 0 Å². The lowest BCUT2D eigenvalue weighted by atomic mass is 9.86. The van der Waals surface area contributed by atoms with Crippen LogP contribution < -0.4 is 0 Å². The maximum atomic E-state index is 11.5. The molecule has 1 heterocycles. The van der Waals surface area contributed by atoms with E-state index in [1.165, 1.54) is 5.56 Å². The first-order chi connectivity index (χ1) is 13.5. The van der Waals surface area contributed by atoms with Crippen LogP contribution in [0, 0.1) is 5.92 Å². The molecule has 1 aromatic heterocycles. The van der Waals surface area contributed by atoms with Gasteiger partial charge < -0.3 is 9.67 Å². The van der Waals surface area contributed by atoms with Crippen LogP contribution in [0.2, 0.25) is 5.15 Å². The maximum Gasteiger partial charge on any atom is 0.303 e. The van der Waals surface area contributed by atoms with Crippen molar-refractivity contribution in [1.82, 2.24) is 9.55 Å². The number of hydrogen-bond acceptors (Lipinski definition) is 3. The second kappa shape index (κ2) is 9.37. The summed E-state index contributed by atoms with van der Waals surface area (Å²) in [4.78, 5) is 27.0. The Morgan fingerprint density at radius 3 is 2.71 bits per heavy atom. The summed E-state index contributed by atoms with van der Waals surface area (Å²) in [7, 11) is 0. The molecule has 6 heteroatoms. The molecule has 2 aromatic rings. The zero-order valence-electron chi connectivity index (χ0n) is 16.2. The lowest BCUT2D eigenvalue weighted by molar-refractivity contribution is -0.138. The summed E-state index contributed by atoms with van der Waals surface area (Å²) in [6.07, 6.45) is 6.96. The van der Waals surface area contributed by atoms with Crippen molar-refractivity contribution < 1.29 is 14.7 Å². The van der Waals surface area contributed by atoms with Gasteiger partial charge in [0.2, 0.25) is 0 Å². The number of rotatable bonds is 9. The highest BCUT2D eigenvalue weighted by molar-refractivity contribution is 6.31. The van der Waals surface area contributed by atoms with Crippen molar-refractivity contribution in [1.29, 1.82) is 0 Å². The van der Waals surface area contributed by atoms with E-state index in [0.717, 1.165) is 56.2 Å². The van der Waals surface area contributed by atoms with Crippen LogP contribution in [0.4, 0.5) is 0 Å². The first-order valence-electron chi connectivity index (χ1n) is 10.0. The summed E-state index contributed by atoms with van der Waals surface area (Å²) in [5, 5.41) is 9.40. The number of nitrogens with zero attached hydrogens (tertiary/aromatic N) is 2. The number of hydrogen-bond donors (Lipinski definition) is 1. The molecule has 1 fully saturated rings. The molecule has 5 nitrogen and oxygen atoms in total. The summed E-state index contributed by atoms with van der Waals surface area (Å²) in [6, 6.07) is 8.34. The number of carbonyl (C=O) groups excluding carboxylic acids is 1. The van der Waals surface area contributed by atoms with Crippen molar-refractivity contribution in [2.75, 3.05) is 0 Å². The highest BCUT2D eigenvalue weighted by atomic mass is 35.5. The van der Waals surface area contributed by atoms with Crippen LogP contribution in [0.25, 0.3) is 0 Å². The van der Waals surface area contributed by atoms with Gasteiger partial charge in [0.05, 0.1) is 0 Å². The topological polar surface area (TPSA) is 72.2 Å². The first-order valence-corrected chi connectivity index (χ1v) is 10.4. The van der Waals surface area contributed by atoms with Crippen LogP contribution >= 0.6 is 11.6 Å². The van der Waals surface area contributed by atoms with Gasteiger partial charge in [-0.05, 0) is 42.2 Å². The number of carboxylic acids is 1. The van der Waals surface area contributed by atoms with E-state index in [1.807, 2.05) is 4.57 Å². The van der Waals surface area contributed by atoms with E-state index in [0.29, 0.717) is 18.2 Å². The molecule has 0 aliphatic heterocycles. The van der Waals surface area contributed by atoms with Crippen molar-refractivity contribution in [3.8, 4) is 0 Å². The molecule has 1 saturated carbocycles. The molecule has 1 aliphatic rings. The lowest BCUT2D eigenvalue weighted by Crippen LogP contribution is -2.12. The van der Waals surface area contributed by atoms with Gasteiger partial charge in [0.1, 0.15) is 11.5 Å². The van der Waals surface area contributed by atoms with Crippen molar-refractivity contribution in [2.24, 2.45) is 5.92 Å². The zero-order chi connectivity index (χ0) is 20.1. The molecule has 28 heavy (non-hydrogen) atoms. The number of aryl methyl sites for hydroxylation is 1. The second-order valence-electron chi connectivity index (χ2n) is 7.65. The van der Waals surface area contributed by atoms with Crippen molar-refractivity contribution in [3.05, 3.63) is 52.1 Å². The van der Waals surface area contributed by atoms with Gasteiger partial charge in [-0.1, -0.05) is 55.6 Å².